The predicted molar refractivity (Wildman–Crippen MR) is 90.0 cm³/mol. The third-order valence-corrected chi connectivity index (χ3v) is 4.46. The van der Waals surface area contributed by atoms with Crippen molar-refractivity contribution in [1.82, 2.24) is 24.0 Å². The third kappa shape index (κ3) is 2.27. The van der Waals surface area contributed by atoms with Gasteiger partial charge in [-0.05, 0) is 30.7 Å². The number of hydrogen-bond donors (Lipinski definition) is 2. The molecule has 3 N–H and O–H groups in total. The molecule has 3 aromatic rings. The largest absolute Gasteiger partial charge is 0.508 e. The number of fused-ring (bicyclic) bond motifs is 1. The molecular weight excluding hydrogens is 322 g/mol. The molecule has 2 aromatic heterocycles. The van der Waals surface area contributed by atoms with Crippen LogP contribution in [0.1, 0.15) is 12.5 Å². The van der Waals surface area contributed by atoms with Crippen LogP contribution in [0.2, 0.25) is 0 Å². The van der Waals surface area contributed by atoms with Gasteiger partial charge in [-0.1, -0.05) is 0 Å². The topological polar surface area (TPSA) is 126 Å². The van der Waals surface area contributed by atoms with Crippen LogP contribution in [0.15, 0.2) is 35.4 Å². The van der Waals surface area contributed by atoms with Gasteiger partial charge in [0.25, 0.3) is 0 Å². The summed E-state index contributed by atoms with van der Waals surface area (Å²) >= 11 is 0. The zero-order valence-electron chi connectivity index (χ0n) is 13.2. The number of phenols is 1. The average molecular weight is 337 g/mol. The van der Waals surface area contributed by atoms with Crippen LogP contribution in [0.25, 0.3) is 16.9 Å². The van der Waals surface area contributed by atoms with Gasteiger partial charge in [-0.2, -0.15) is 5.26 Å². The zero-order chi connectivity index (χ0) is 17.6. The van der Waals surface area contributed by atoms with E-state index in [4.69, 9.17) is 11.0 Å². The highest BCUT2D eigenvalue weighted by Crippen LogP contribution is 2.27. The summed E-state index contributed by atoms with van der Waals surface area (Å²) in [4.78, 5) is 23.0. The molecular formula is C16H15N7O2. The van der Waals surface area contributed by atoms with Gasteiger partial charge in [0.1, 0.15) is 17.6 Å². The van der Waals surface area contributed by atoms with Crippen LogP contribution in [0.3, 0.4) is 0 Å². The van der Waals surface area contributed by atoms with Crippen LogP contribution in [0.5, 0.6) is 5.75 Å². The normalized spacial score (nSPS) is 17.1. The Balaban J connectivity index is 1.98. The number of nitriles is 1. The molecule has 4 rings (SSSR count). The highest BCUT2D eigenvalue weighted by molar-refractivity contribution is 5.84. The summed E-state index contributed by atoms with van der Waals surface area (Å²) in [7, 11) is 0. The summed E-state index contributed by atoms with van der Waals surface area (Å²) in [5, 5.41) is 18.6. The Hall–Kier alpha value is -3.54. The van der Waals surface area contributed by atoms with Crippen LogP contribution < -0.4 is 11.4 Å². The molecule has 9 nitrogen and oxygen atoms in total. The lowest BCUT2D eigenvalue weighted by atomic mass is 10.2. The van der Waals surface area contributed by atoms with Gasteiger partial charge in [0.2, 0.25) is 0 Å². The molecule has 1 aromatic carbocycles. The van der Waals surface area contributed by atoms with Gasteiger partial charge in [-0.15, -0.1) is 0 Å². The maximum atomic E-state index is 13.1. The number of nitrogens with zero attached hydrogens (tertiary/aromatic N) is 6. The average Bonchev–Trinajstić information content (AvgIpc) is 3.18. The zero-order valence-corrected chi connectivity index (χ0v) is 13.2. The van der Waals surface area contributed by atoms with E-state index in [0.29, 0.717) is 36.4 Å². The van der Waals surface area contributed by atoms with Crippen molar-refractivity contribution in [2.24, 2.45) is 0 Å². The molecule has 1 saturated heterocycles. The molecule has 0 radical (unpaired) electrons. The first-order valence-electron chi connectivity index (χ1n) is 7.77. The standard InChI is InChI=1S/C16H15N7O2/c17-8-21-6-5-11(7-21)23-15-13(14(18)19-9-20-15)22(16(23)25)10-1-3-12(24)4-2-10/h1-4,9,11,24H,5-7H2,(H2,18,19,20). The highest BCUT2D eigenvalue weighted by atomic mass is 16.3. The van der Waals surface area contributed by atoms with Crippen molar-refractivity contribution in [3.8, 4) is 17.6 Å². The first-order chi connectivity index (χ1) is 12.1. The molecule has 1 atom stereocenters. The highest BCUT2D eigenvalue weighted by Gasteiger charge is 2.29. The van der Waals surface area contributed by atoms with E-state index in [1.54, 1.807) is 21.6 Å². The van der Waals surface area contributed by atoms with E-state index in [1.807, 2.05) is 0 Å². The monoisotopic (exact) mass is 337 g/mol. The van der Waals surface area contributed by atoms with Crippen LogP contribution >= 0.6 is 0 Å². The smallest absolute Gasteiger partial charge is 0.335 e. The van der Waals surface area contributed by atoms with Gasteiger partial charge in [-0.25, -0.2) is 14.8 Å². The van der Waals surface area contributed by atoms with Gasteiger partial charge in [-0.3, -0.25) is 9.13 Å². The minimum atomic E-state index is -0.294. The van der Waals surface area contributed by atoms with E-state index in [0.717, 1.165) is 0 Å². The quantitative estimate of drug-likeness (QED) is 0.656. The Morgan fingerprint density at radius 1 is 1.28 bits per heavy atom. The Kier molecular flexibility index (Phi) is 3.32. The molecule has 1 unspecified atom stereocenters. The van der Waals surface area contributed by atoms with E-state index >= 15 is 0 Å². The van der Waals surface area contributed by atoms with Gasteiger partial charge in [0, 0.05) is 13.1 Å². The number of aromatic nitrogens is 4. The summed E-state index contributed by atoms with van der Waals surface area (Å²) in [6, 6.07) is 6.09. The number of hydrogen-bond acceptors (Lipinski definition) is 7. The summed E-state index contributed by atoms with van der Waals surface area (Å²) in [5.41, 5.74) is 7.15. The second-order valence-corrected chi connectivity index (χ2v) is 5.92. The molecule has 3 heterocycles. The summed E-state index contributed by atoms with van der Waals surface area (Å²) in [5.74, 6) is 0.300. The van der Waals surface area contributed by atoms with E-state index in [9.17, 15) is 9.90 Å². The summed E-state index contributed by atoms with van der Waals surface area (Å²) in [6.07, 6.45) is 4.11. The van der Waals surface area contributed by atoms with Crippen LogP contribution in [0.4, 0.5) is 5.82 Å². The molecule has 0 spiro atoms. The van der Waals surface area contributed by atoms with E-state index in [-0.39, 0.29) is 23.3 Å². The molecule has 0 aliphatic carbocycles. The molecule has 9 heteroatoms. The Bertz CT molecular complexity index is 1050. The number of phenolic OH excluding ortho intramolecular Hbond substituents is 1. The van der Waals surface area contributed by atoms with Crippen molar-refractivity contribution >= 4 is 17.0 Å². The molecule has 1 fully saturated rings. The molecule has 126 valence electrons. The van der Waals surface area contributed by atoms with Gasteiger partial charge in [0.05, 0.1) is 11.7 Å². The number of aromatic hydroxyl groups is 1. The fourth-order valence-electron chi connectivity index (χ4n) is 3.28. The van der Waals surface area contributed by atoms with E-state index < -0.39 is 0 Å². The van der Waals surface area contributed by atoms with Crippen molar-refractivity contribution < 1.29 is 5.11 Å². The van der Waals surface area contributed by atoms with Gasteiger partial charge in [0.15, 0.2) is 17.7 Å². The molecule has 0 saturated carbocycles. The van der Waals surface area contributed by atoms with E-state index in [1.165, 1.54) is 23.0 Å². The number of imidazole rings is 1. The molecule has 25 heavy (non-hydrogen) atoms. The first kappa shape index (κ1) is 15.0. The Morgan fingerprint density at radius 3 is 2.72 bits per heavy atom. The lowest BCUT2D eigenvalue weighted by molar-refractivity contribution is 0.445. The van der Waals surface area contributed by atoms with Crippen LogP contribution in [-0.2, 0) is 0 Å². The summed E-state index contributed by atoms with van der Waals surface area (Å²) < 4.78 is 3.02. The fourth-order valence-corrected chi connectivity index (χ4v) is 3.28. The Labute approximate surface area is 142 Å². The predicted octanol–water partition coefficient (Wildman–Crippen LogP) is 0.598. The van der Waals surface area contributed by atoms with Crippen molar-refractivity contribution in [2.75, 3.05) is 18.8 Å². The number of rotatable bonds is 2. The number of likely N-dealkylation sites (tertiary alicyclic amines) is 1. The maximum absolute atomic E-state index is 13.1. The number of benzene rings is 1. The summed E-state index contributed by atoms with van der Waals surface area (Å²) in [6.45, 7) is 1.05. The minimum Gasteiger partial charge on any atom is -0.508 e. The first-order valence-corrected chi connectivity index (χ1v) is 7.77. The Morgan fingerprint density at radius 2 is 2.04 bits per heavy atom. The second kappa shape index (κ2) is 5.52. The molecule has 1 aliphatic heterocycles. The third-order valence-electron chi connectivity index (χ3n) is 4.46. The molecule has 0 bridgehead atoms. The molecule has 1 aliphatic rings. The van der Waals surface area contributed by atoms with Crippen molar-refractivity contribution in [3.63, 3.8) is 0 Å². The lowest BCUT2D eigenvalue weighted by Crippen LogP contribution is -2.28. The lowest BCUT2D eigenvalue weighted by Gasteiger charge is -2.11. The SMILES string of the molecule is N#CN1CCC(n2c(=O)n(-c3ccc(O)cc3)c3c(N)ncnc32)C1. The second-order valence-electron chi connectivity index (χ2n) is 5.92. The van der Waals surface area contributed by atoms with Crippen molar-refractivity contribution in [1.29, 1.82) is 5.26 Å². The van der Waals surface area contributed by atoms with Crippen molar-refractivity contribution in [2.45, 2.75) is 12.5 Å². The van der Waals surface area contributed by atoms with Crippen molar-refractivity contribution in [3.05, 3.63) is 41.1 Å². The maximum Gasteiger partial charge on any atom is 0.335 e. The van der Waals surface area contributed by atoms with Gasteiger partial charge >= 0.3 is 5.69 Å². The number of nitrogens with two attached hydrogens (primary N) is 1. The van der Waals surface area contributed by atoms with E-state index in [2.05, 4.69) is 16.2 Å². The fraction of sp³-hybridized carbons (Fsp3) is 0.250. The number of anilines is 1. The molecule has 0 amide bonds. The van der Waals surface area contributed by atoms with Crippen LogP contribution in [-0.4, -0.2) is 42.2 Å². The van der Waals surface area contributed by atoms with Gasteiger partial charge < -0.3 is 15.7 Å². The minimum absolute atomic E-state index is 0.102. The van der Waals surface area contributed by atoms with Crippen LogP contribution in [0, 0.1) is 11.5 Å². The number of nitrogen functional groups attached to an aromatic ring is 1.